The molecule has 5 rings (SSSR count). The number of carbonyl (C=O) groups excluding carboxylic acids is 2. The zero-order chi connectivity index (χ0) is 26.8. The number of hydrogen-bond acceptors (Lipinski definition) is 6. The number of halogens is 1. The van der Waals surface area contributed by atoms with Gasteiger partial charge in [0, 0.05) is 46.3 Å². The number of rotatable bonds is 8. The summed E-state index contributed by atoms with van der Waals surface area (Å²) in [6, 6.07) is 13.0. The van der Waals surface area contributed by atoms with Gasteiger partial charge in [-0.15, -0.1) is 0 Å². The zero-order valence-electron chi connectivity index (χ0n) is 21.3. The number of Topliss-reactive ketones (excluding diaryl/α,β-unsaturated/α-hetero) is 2. The fourth-order valence-corrected chi connectivity index (χ4v) is 5.84. The van der Waals surface area contributed by atoms with Crippen molar-refractivity contribution in [2.45, 2.75) is 58.0 Å². The molecular formula is C30H30ClNO6. The van der Waals surface area contributed by atoms with E-state index in [1.165, 1.54) is 0 Å². The highest BCUT2D eigenvalue weighted by molar-refractivity contribution is 6.30. The second-order valence-electron chi connectivity index (χ2n) is 9.74. The summed E-state index contributed by atoms with van der Waals surface area (Å²) in [4.78, 5) is 40.2. The third-order valence-electron chi connectivity index (χ3n) is 7.29. The topological polar surface area (TPSA) is 93.1 Å². The van der Waals surface area contributed by atoms with Crippen LogP contribution in [0.3, 0.4) is 0 Å². The lowest BCUT2D eigenvalue weighted by molar-refractivity contribution is -0.138. The van der Waals surface area contributed by atoms with Gasteiger partial charge in [-0.25, -0.2) is 0 Å². The SMILES string of the molecule is CCOc1cc(C2C3=C(CCCC3=O)N(CC(=O)O)C3=C2C(=O)CCC3)ccc1OCc1ccc(Cl)cc1. The number of carboxylic acids is 1. The maximum absolute atomic E-state index is 13.4. The van der Waals surface area contributed by atoms with Gasteiger partial charge in [0.25, 0.3) is 0 Å². The quantitative estimate of drug-likeness (QED) is 0.455. The molecule has 3 aliphatic rings. The zero-order valence-corrected chi connectivity index (χ0v) is 22.1. The Balaban J connectivity index is 1.57. The van der Waals surface area contributed by atoms with Gasteiger partial charge in [-0.05, 0) is 68.0 Å². The van der Waals surface area contributed by atoms with Crippen molar-refractivity contribution in [3.8, 4) is 11.5 Å². The molecule has 7 nitrogen and oxygen atoms in total. The van der Waals surface area contributed by atoms with Gasteiger partial charge in [0.05, 0.1) is 6.61 Å². The summed E-state index contributed by atoms with van der Waals surface area (Å²) >= 11 is 5.99. The number of ether oxygens (including phenoxy) is 2. The molecule has 38 heavy (non-hydrogen) atoms. The van der Waals surface area contributed by atoms with Gasteiger partial charge in [0.2, 0.25) is 0 Å². The van der Waals surface area contributed by atoms with Gasteiger partial charge in [-0.2, -0.15) is 0 Å². The van der Waals surface area contributed by atoms with Gasteiger partial charge in [0.15, 0.2) is 23.1 Å². The number of allylic oxidation sites excluding steroid dienone is 4. The van der Waals surface area contributed by atoms with Crippen LogP contribution in [0.5, 0.6) is 11.5 Å². The summed E-state index contributed by atoms with van der Waals surface area (Å²) in [5, 5.41) is 10.3. The lowest BCUT2D eigenvalue weighted by atomic mass is 9.71. The minimum atomic E-state index is -0.987. The van der Waals surface area contributed by atoms with Crippen LogP contribution in [-0.2, 0) is 21.0 Å². The Morgan fingerprint density at radius 3 is 2.13 bits per heavy atom. The number of carboxylic acid groups (broad SMARTS) is 1. The molecule has 0 fully saturated rings. The van der Waals surface area contributed by atoms with Crippen LogP contribution in [0, 0.1) is 0 Å². The molecule has 198 valence electrons. The first-order chi connectivity index (χ1) is 18.4. The molecule has 0 saturated heterocycles. The Bertz CT molecular complexity index is 1300. The maximum atomic E-state index is 13.4. The van der Waals surface area contributed by atoms with E-state index in [4.69, 9.17) is 21.1 Å². The van der Waals surface area contributed by atoms with Crippen LogP contribution in [0.2, 0.25) is 5.02 Å². The Morgan fingerprint density at radius 1 is 0.921 bits per heavy atom. The number of carbonyl (C=O) groups is 3. The van der Waals surface area contributed by atoms with Crippen LogP contribution in [0.1, 0.15) is 62.5 Å². The molecule has 0 amide bonds. The second-order valence-corrected chi connectivity index (χ2v) is 10.2. The molecule has 2 aromatic carbocycles. The van der Waals surface area contributed by atoms with Gasteiger partial charge in [-0.3, -0.25) is 14.4 Å². The van der Waals surface area contributed by atoms with Gasteiger partial charge < -0.3 is 19.5 Å². The van der Waals surface area contributed by atoms with Crippen LogP contribution >= 0.6 is 11.6 Å². The Labute approximate surface area is 226 Å². The van der Waals surface area contributed by atoms with E-state index in [-0.39, 0.29) is 18.1 Å². The van der Waals surface area contributed by atoms with Crippen LogP contribution in [-0.4, -0.2) is 40.7 Å². The van der Waals surface area contributed by atoms with Crippen LogP contribution in [0.4, 0.5) is 0 Å². The van der Waals surface area contributed by atoms with E-state index in [1.807, 2.05) is 49.4 Å². The Hall–Kier alpha value is -3.58. The molecule has 1 N–H and O–H groups in total. The summed E-state index contributed by atoms with van der Waals surface area (Å²) < 4.78 is 12.0. The Morgan fingerprint density at radius 2 is 1.55 bits per heavy atom. The van der Waals surface area contributed by atoms with Crippen LogP contribution < -0.4 is 9.47 Å². The molecule has 2 aliphatic carbocycles. The monoisotopic (exact) mass is 535 g/mol. The standard InChI is InChI=1S/C30H30ClNO6/c1-2-37-26-15-19(11-14-25(26)38-17-18-9-12-20(31)13-10-18)28-29-21(5-3-7-23(29)33)32(16-27(35)36)22-6-4-8-24(34)30(22)28/h9-15,28H,2-8,16-17H2,1H3,(H,35,36). The molecule has 0 aromatic heterocycles. The molecule has 0 bridgehead atoms. The van der Waals surface area contributed by atoms with E-state index in [0.29, 0.717) is 79.4 Å². The third kappa shape index (κ3) is 5.07. The highest BCUT2D eigenvalue weighted by Crippen LogP contribution is 2.50. The van der Waals surface area contributed by atoms with Gasteiger partial charge in [-0.1, -0.05) is 29.8 Å². The first kappa shape index (κ1) is 26.0. The minimum absolute atomic E-state index is 0.0300. The predicted octanol–water partition coefficient (Wildman–Crippen LogP) is 5.82. The normalized spacial score (nSPS) is 17.9. The van der Waals surface area contributed by atoms with Crippen LogP contribution in [0.25, 0.3) is 0 Å². The maximum Gasteiger partial charge on any atom is 0.323 e. The van der Waals surface area contributed by atoms with Crippen molar-refractivity contribution in [1.82, 2.24) is 4.90 Å². The molecule has 2 aromatic rings. The largest absolute Gasteiger partial charge is 0.490 e. The molecule has 1 heterocycles. The molecule has 0 atom stereocenters. The number of aliphatic carboxylic acids is 1. The van der Waals surface area contributed by atoms with Crippen molar-refractivity contribution < 1.29 is 29.0 Å². The summed E-state index contributed by atoms with van der Waals surface area (Å²) in [6.45, 7) is 2.37. The smallest absolute Gasteiger partial charge is 0.323 e. The lowest BCUT2D eigenvalue weighted by Crippen LogP contribution is -2.41. The molecule has 1 aliphatic heterocycles. The van der Waals surface area contributed by atoms with Crippen molar-refractivity contribution in [2.75, 3.05) is 13.2 Å². The number of hydrogen-bond donors (Lipinski definition) is 1. The summed E-state index contributed by atoms with van der Waals surface area (Å²) in [6.07, 6.45) is 3.31. The third-order valence-corrected chi connectivity index (χ3v) is 7.54. The highest BCUT2D eigenvalue weighted by Gasteiger charge is 2.43. The average Bonchev–Trinajstić information content (AvgIpc) is 2.89. The molecule has 8 heteroatoms. The number of ketones is 2. The van der Waals surface area contributed by atoms with E-state index in [0.717, 1.165) is 22.5 Å². The molecular weight excluding hydrogens is 506 g/mol. The van der Waals surface area contributed by atoms with Gasteiger partial charge >= 0.3 is 5.97 Å². The van der Waals surface area contributed by atoms with E-state index < -0.39 is 11.9 Å². The fraction of sp³-hybridized carbons (Fsp3) is 0.367. The highest BCUT2D eigenvalue weighted by atomic mass is 35.5. The number of benzene rings is 2. The van der Waals surface area contributed by atoms with Crippen molar-refractivity contribution >= 4 is 29.1 Å². The van der Waals surface area contributed by atoms with Crippen molar-refractivity contribution in [2.24, 2.45) is 0 Å². The first-order valence-corrected chi connectivity index (χ1v) is 13.4. The summed E-state index contributed by atoms with van der Waals surface area (Å²) in [7, 11) is 0. The predicted molar refractivity (Wildman–Crippen MR) is 142 cm³/mol. The minimum Gasteiger partial charge on any atom is -0.490 e. The van der Waals surface area contributed by atoms with E-state index in [2.05, 4.69) is 0 Å². The lowest BCUT2D eigenvalue weighted by Gasteiger charge is -2.43. The van der Waals surface area contributed by atoms with E-state index in [1.54, 1.807) is 4.90 Å². The van der Waals surface area contributed by atoms with Crippen molar-refractivity contribution in [3.05, 3.63) is 81.2 Å². The molecule has 0 unspecified atom stereocenters. The van der Waals surface area contributed by atoms with Crippen LogP contribution in [0.15, 0.2) is 65.0 Å². The molecule has 0 saturated carbocycles. The molecule has 0 spiro atoms. The number of nitrogens with zero attached hydrogens (tertiary/aromatic N) is 1. The summed E-state index contributed by atoms with van der Waals surface area (Å²) in [5.74, 6) is -0.505. The van der Waals surface area contributed by atoms with E-state index in [9.17, 15) is 19.5 Å². The summed E-state index contributed by atoms with van der Waals surface area (Å²) in [5.41, 5.74) is 4.29. The molecule has 0 radical (unpaired) electrons. The van der Waals surface area contributed by atoms with E-state index >= 15 is 0 Å². The second kappa shape index (κ2) is 11.0. The average molecular weight is 536 g/mol. The van der Waals surface area contributed by atoms with Crippen molar-refractivity contribution in [1.29, 1.82) is 0 Å². The Kier molecular flexibility index (Phi) is 7.56. The first-order valence-electron chi connectivity index (χ1n) is 13.0. The van der Waals surface area contributed by atoms with Crippen molar-refractivity contribution in [3.63, 3.8) is 0 Å². The fourth-order valence-electron chi connectivity index (χ4n) is 5.71. The van der Waals surface area contributed by atoms with Gasteiger partial charge in [0.1, 0.15) is 13.2 Å².